The minimum absolute atomic E-state index is 0.130. The number of benzene rings is 2. The Bertz CT molecular complexity index is 985. The van der Waals surface area contributed by atoms with Crippen LogP contribution in [0, 0.1) is 6.92 Å². The Morgan fingerprint density at radius 1 is 0.970 bits per heavy atom. The zero-order chi connectivity index (χ0) is 24.6. The summed E-state index contributed by atoms with van der Waals surface area (Å²) >= 11 is 0. The zero-order valence-corrected chi connectivity index (χ0v) is 18.0. The summed E-state index contributed by atoms with van der Waals surface area (Å²) in [5.41, 5.74) is 3.41. The molecular formula is C23H25F3N2O5. The van der Waals surface area contributed by atoms with Gasteiger partial charge in [0.05, 0.1) is 17.7 Å². The highest BCUT2D eigenvalue weighted by Gasteiger charge is 2.38. The Balaban J connectivity index is 0.000000479. The maximum atomic E-state index is 12.3. The Morgan fingerprint density at radius 3 is 2.06 bits per heavy atom. The normalized spacial score (nSPS) is 13.5. The number of nitrogens with zero attached hydrogens (tertiary/aromatic N) is 1. The Kier molecular flexibility index (Phi) is 8.84. The number of carboxylic acids is 2. The summed E-state index contributed by atoms with van der Waals surface area (Å²) in [6.45, 7) is 3.88. The van der Waals surface area contributed by atoms with Crippen LogP contribution < -0.4 is 10.2 Å². The first-order chi connectivity index (χ1) is 15.5. The quantitative estimate of drug-likeness (QED) is 0.599. The number of alkyl halides is 3. The van der Waals surface area contributed by atoms with Crippen molar-refractivity contribution in [1.82, 2.24) is 0 Å². The van der Waals surface area contributed by atoms with Gasteiger partial charge in [-0.05, 0) is 49.9 Å². The number of anilines is 2. The average molecular weight is 466 g/mol. The summed E-state index contributed by atoms with van der Waals surface area (Å²) < 4.78 is 31.7. The predicted molar refractivity (Wildman–Crippen MR) is 117 cm³/mol. The number of carbonyl (C=O) groups is 3. The smallest absolute Gasteiger partial charge is 0.478 e. The van der Waals surface area contributed by atoms with Crippen molar-refractivity contribution in [2.24, 2.45) is 0 Å². The van der Waals surface area contributed by atoms with Gasteiger partial charge >= 0.3 is 18.1 Å². The maximum Gasteiger partial charge on any atom is 0.490 e. The number of nitrogens with one attached hydrogen (secondary N) is 1. The minimum atomic E-state index is -5.08. The van der Waals surface area contributed by atoms with E-state index in [2.05, 4.69) is 10.2 Å². The first-order valence-electron chi connectivity index (χ1n) is 10.2. The molecule has 2 aromatic rings. The molecule has 10 heteroatoms. The van der Waals surface area contributed by atoms with Crippen LogP contribution in [0.5, 0.6) is 0 Å². The number of piperidine rings is 1. The molecule has 3 N–H and O–H groups in total. The summed E-state index contributed by atoms with van der Waals surface area (Å²) in [5.74, 6) is -4.01. The van der Waals surface area contributed by atoms with E-state index in [0.717, 1.165) is 42.7 Å². The SMILES string of the molecule is Cc1ccc(CC(=O)Nc2ccc(N3CCCCC3)cc2C(=O)O)cc1.O=C(O)C(F)(F)F. The van der Waals surface area contributed by atoms with E-state index < -0.39 is 18.1 Å². The fourth-order valence-electron chi connectivity index (χ4n) is 3.25. The van der Waals surface area contributed by atoms with Crippen molar-refractivity contribution in [3.05, 3.63) is 59.2 Å². The van der Waals surface area contributed by atoms with Gasteiger partial charge in [-0.25, -0.2) is 9.59 Å². The Hall–Kier alpha value is -3.56. The van der Waals surface area contributed by atoms with E-state index in [9.17, 15) is 27.9 Å². The summed E-state index contributed by atoms with van der Waals surface area (Å²) in [4.78, 5) is 35.1. The van der Waals surface area contributed by atoms with Crippen LogP contribution in [0.25, 0.3) is 0 Å². The van der Waals surface area contributed by atoms with E-state index >= 15 is 0 Å². The lowest BCUT2D eigenvalue weighted by molar-refractivity contribution is -0.192. The second kappa shape index (κ2) is 11.3. The lowest BCUT2D eigenvalue weighted by Crippen LogP contribution is -2.29. The highest BCUT2D eigenvalue weighted by atomic mass is 19.4. The minimum Gasteiger partial charge on any atom is -0.478 e. The predicted octanol–water partition coefficient (Wildman–Crippen LogP) is 4.50. The summed E-state index contributed by atoms with van der Waals surface area (Å²) in [6, 6.07) is 13.0. The number of aliphatic carboxylic acids is 1. The molecule has 7 nitrogen and oxygen atoms in total. The topological polar surface area (TPSA) is 107 Å². The lowest BCUT2D eigenvalue weighted by atomic mass is 10.1. The maximum absolute atomic E-state index is 12.3. The van der Waals surface area contributed by atoms with Crippen molar-refractivity contribution >= 4 is 29.2 Å². The highest BCUT2D eigenvalue weighted by molar-refractivity contribution is 6.01. The second-order valence-corrected chi connectivity index (χ2v) is 7.60. The van der Waals surface area contributed by atoms with Gasteiger partial charge in [0.25, 0.3) is 0 Å². The molecule has 0 atom stereocenters. The van der Waals surface area contributed by atoms with Crippen LogP contribution in [-0.2, 0) is 16.0 Å². The molecule has 0 aliphatic carbocycles. The zero-order valence-electron chi connectivity index (χ0n) is 18.0. The van der Waals surface area contributed by atoms with Crippen molar-refractivity contribution in [2.75, 3.05) is 23.3 Å². The number of rotatable bonds is 5. The molecule has 178 valence electrons. The molecule has 0 unspecified atom stereocenters. The van der Waals surface area contributed by atoms with Gasteiger partial charge in [0.2, 0.25) is 5.91 Å². The van der Waals surface area contributed by atoms with E-state index in [1.165, 1.54) is 6.42 Å². The third kappa shape index (κ3) is 8.13. The van der Waals surface area contributed by atoms with Gasteiger partial charge in [0.15, 0.2) is 0 Å². The molecular weight excluding hydrogens is 441 g/mol. The largest absolute Gasteiger partial charge is 0.490 e. The van der Waals surface area contributed by atoms with Gasteiger partial charge in [-0.3, -0.25) is 4.79 Å². The molecule has 0 saturated carbocycles. The second-order valence-electron chi connectivity index (χ2n) is 7.60. The molecule has 0 radical (unpaired) electrons. The van der Waals surface area contributed by atoms with Gasteiger partial charge in [0.1, 0.15) is 0 Å². The van der Waals surface area contributed by atoms with Gasteiger partial charge < -0.3 is 20.4 Å². The van der Waals surface area contributed by atoms with E-state index in [4.69, 9.17) is 9.90 Å². The van der Waals surface area contributed by atoms with Crippen LogP contribution >= 0.6 is 0 Å². The molecule has 33 heavy (non-hydrogen) atoms. The molecule has 1 aliphatic heterocycles. The van der Waals surface area contributed by atoms with Crippen LogP contribution in [0.2, 0.25) is 0 Å². The van der Waals surface area contributed by atoms with E-state index in [1.54, 1.807) is 12.1 Å². The number of hydrogen-bond donors (Lipinski definition) is 3. The van der Waals surface area contributed by atoms with Crippen molar-refractivity contribution in [1.29, 1.82) is 0 Å². The van der Waals surface area contributed by atoms with Gasteiger partial charge in [0, 0.05) is 18.8 Å². The Morgan fingerprint density at radius 2 is 1.55 bits per heavy atom. The number of aryl methyl sites for hydroxylation is 1. The number of amides is 1. The van der Waals surface area contributed by atoms with E-state index in [0.29, 0.717) is 5.69 Å². The van der Waals surface area contributed by atoms with Crippen LogP contribution in [0.1, 0.15) is 40.7 Å². The molecule has 0 aromatic heterocycles. The highest BCUT2D eigenvalue weighted by Crippen LogP contribution is 2.26. The summed E-state index contributed by atoms with van der Waals surface area (Å²) in [5, 5.41) is 19.4. The summed E-state index contributed by atoms with van der Waals surface area (Å²) in [6.07, 6.45) is -1.41. The molecule has 0 bridgehead atoms. The fourth-order valence-corrected chi connectivity index (χ4v) is 3.25. The van der Waals surface area contributed by atoms with Gasteiger partial charge in [-0.15, -0.1) is 0 Å². The molecule has 1 saturated heterocycles. The number of carbonyl (C=O) groups excluding carboxylic acids is 1. The van der Waals surface area contributed by atoms with Crippen molar-refractivity contribution < 1.29 is 37.8 Å². The van der Waals surface area contributed by atoms with E-state index in [-0.39, 0.29) is 17.9 Å². The molecule has 1 amide bonds. The van der Waals surface area contributed by atoms with Crippen molar-refractivity contribution in [2.45, 2.75) is 38.8 Å². The molecule has 1 fully saturated rings. The first kappa shape index (κ1) is 25.7. The summed E-state index contributed by atoms with van der Waals surface area (Å²) in [7, 11) is 0. The lowest BCUT2D eigenvalue weighted by Gasteiger charge is -2.29. The fraction of sp³-hybridized carbons (Fsp3) is 0.348. The molecule has 1 heterocycles. The van der Waals surface area contributed by atoms with Crippen LogP contribution in [-0.4, -0.2) is 47.3 Å². The van der Waals surface area contributed by atoms with Crippen LogP contribution in [0.3, 0.4) is 0 Å². The van der Waals surface area contributed by atoms with Crippen molar-refractivity contribution in [3.63, 3.8) is 0 Å². The number of halogens is 3. The van der Waals surface area contributed by atoms with Gasteiger partial charge in [-0.2, -0.15) is 13.2 Å². The molecule has 0 spiro atoms. The Labute approximate surface area is 188 Å². The molecule has 3 rings (SSSR count). The monoisotopic (exact) mass is 466 g/mol. The molecule has 1 aliphatic rings. The average Bonchev–Trinajstić information content (AvgIpc) is 2.76. The molecule has 2 aromatic carbocycles. The number of hydrogen-bond acceptors (Lipinski definition) is 4. The number of aromatic carboxylic acids is 1. The third-order valence-corrected chi connectivity index (χ3v) is 4.96. The standard InChI is InChI=1S/C21H24N2O3.C2HF3O2/c1-15-5-7-16(8-6-15)13-20(24)22-19-10-9-17(14-18(19)21(25)26)23-11-3-2-4-12-23;3-2(4,5)1(6)7/h5-10,14H,2-4,11-13H2,1H3,(H,22,24)(H,25,26);(H,6,7). The van der Waals surface area contributed by atoms with Crippen LogP contribution in [0.4, 0.5) is 24.5 Å². The van der Waals surface area contributed by atoms with Crippen molar-refractivity contribution in [3.8, 4) is 0 Å². The first-order valence-corrected chi connectivity index (χ1v) is 10.2. The number of carboxylic acid groups (broad SMARTS) is 2. The third-order valence-electron chi connectivity index (χ3n) is 4.96. The van der Waals surface area contributed by atoms with E-state index in [1.807, 2.05) is 37.3 Å². The van der Waals surface area contributed by atoms with Crippen LogP contribution in [0.15, 0.2) is 42.5 Å². The van der Waals surface area contributed by atoms with Gasteiger partial charge in [-0.1, -0.05) is 29.8 Å².